The van der Waals surface area contributed by atoms with Gasteiger partial charge in [0.25, 0.3) is 0 Å². The van der Waals surface area contributed by atoms with Gasteiger partial charge < -0.3 is 15.2 Å². The van der Waals surface area contributed by atoms with Gasteiger partial charge in [0.1, 0.15) is 17.2 Å². The SMILES string of the molecule is COc1cc(OC)cc(C(C)(F)CN)c1. The summed E-state index contributed by atoms with van der Waals surface area (Å²) in [5.74, 6) is 1.11. The Balaban J connectivity index is 3.18. The summed E-state index contributed by atoms with van der Waals surface area (Å²) >= 11 is 0. The second-order valence-corrected chi connectivity index (χ2v) is 3.50. The third-order valence-electron chi connectivity index (χ3n) is 2.34. The molecular formula is C11H16FNO2. The van der Waals surface area contributed by atoms with E-state index in [2.05, 4.69) is 0 Å². The molecule has 1 unspecified atom stereocenters. The first-order valence-corrected chi connectivity index (χ1v) is 4.66. The molecule has 3 nitrogen and oxygen atoms in total. The number of nitrogens with two attached hydrogens (primary N) is 1. The molecule has 2 N–H and O–H groups in total. The fraction of sp³-hybridized carbons (Fsp3) is 0.455. The fourth-order valence-electron chi connectivity index (χ4n) is 1.23. The van der Waals surface area contributed by atoms with Gasteiger partial charge in [-0.3, -0.25) is 0 Å². The van der Waals surface area contributed by atoms with Crippen LogP contribution in [0, 0.1) is 0 Å². The predicted molar refractivity (Wildman–Crippen MR) is 57.1 cm³/mol. The van der Waals surface area contributed by atoms with Gasteiger partial charge in [-0.1, -0.05) is 0 Å². The minimum Gasteiger partial charge on any atom is -0.497 e. The van der Waals surface area contributed by atoms with Gasteiger partial charge in [0.15, 0.2) is 0 Å². The zero-order valence-electron chi connectivity index (χ0n) is 9.21. The number of hydrogen-bond acceptors (Lipinski definition) is 3. The zero-order chi connectivity index (χ0) is 11.5. The molecule has 0 aromatic heterocycles. The summed E-state index contributed by atoms with van der Waals surface area (Å²) in [5, 5.41) is 0. The quantitative estimate of drug-likeness (QED) is 0.830. The lowest BCUT2D eigenvalue weighted by atomic mass is 9.97. The predicted octanol–water partition coefficient (Wildman–Crippen LogP) is 1.85. The van der Waals surface area contributed by atoms with E-state index in [0.717, 1.165) is 0 Å². The minimum atomic E-state index is -1.57. The Bertz CT molecular complexity index is 317. The van der Waals surface area contributed by atoms with Crippen molar-refractivity contribution in [3.8, 4) is 11.5 Å². The molecule has 84 valence electrons. The maximum atomic E-state index is 13.9. The number of ether oxygens (including phenoxy) is 2. The van der Waals surface area contributed by atoms with Gasteiger partial charge in [-0.2, -0.15) is 0 Å². The highest BCUT2D eigenvalue weighted by Gasteiger charge is 2.25. The van der Waals surface area contributed by atoms with Crippen LogP contribution in [0.3, 0.4) is 0 Å². The average molecular weight is 213 g/mol. The molecule has 0 radical (unpaired) electrons. The average Bonchev–Trinajstić information content (AvgIpc) is 2.28. The number of methoxy groups -OCH3 is 2. The lowest BCUT2D eigenvalue weighted by molar-refractivity contribution is 0.202. The Kier molecular flexibility index (Phi) is 3.52. The number of rotatable bonds is 4. The van der Waals surface area contributed by atoms with Crippen molar-refractivity contribution in [3.63, 3.8) is 0 Å². The van der Waals surface area contributed by atoms with E-state index in [9.17, 15) is 4.39 Å². The molecule has 4 heteroatoms. The maximum absolute atomic E-state index is 13.9. The lowest BCUT2D eigenvalue weighted by Gasteiger charge is -2.20. The van der Waals surface area contributed by atoms with E-state index in [-0.39, 0.29) is 6.54 Å². The number of halogens is 1. The van der Waals surface area contributed by atoms with Gasteiger partial charge in [0, 0.05) is 12.6 Å². The van der Waals surface area contributed by atoms with E-state index in [0.29, 0.717) is 17.1 Å². The first kappa shape index (κ1) is 11.8. The van der Waals surface area contributed by atoms with E-state index >= 15 is 0 Å². The van der Waals surface area contributed by atoms with Gasteiger partial charge in [-0.15, -0.1) is 0 Å². The molecule has 0 saturated carbocycles. The van der Waals surface area contributed by atoms with Crippen LogP contribution in [0.2, 0.25) is 0 Å². The molecule has 0 saturated heterocycles. The molecule has 0 aliphatic carbocycles. The van der Waals surface area contributed by atoms with Crippen molar-refractivity contribution in [1.82, 2.24) is 0 Å². The van der Waals surface area contributed by atoms with Crippen LogP contribution in [0.25, 0.3) is 0 Å². The molecule has 0 heterocycles. The summed E-state index contributed by atoms with van der Waals surface area (Å²) in [6, 6.07) is 4.93. The Morgan fingerprint density at radius 1 is 1.20 bits per heavy atom. The van der Waals surface area contributed by atoms with Crippen molar-refractivity contribution < 1.29 is 13.9 Å². The molecule has 0 aliphatic rings. The Morgan fingerprint density at radius 3 is 2.00 bits per heavy atom. The topological polar surface area (TPSA) is 44.5 Å². The summed E-state index contributed by atoms with van der Waals surface area (Å²) in [6.45, 7) is 1.35. The molecule has 1 aromatic rings. The van der Waals surface area contributed by atoms with Crippen LogP contribution in [0.5, 0.6) is 11.5 Å². The third-order valence-corrected chi connectivity index (χ3v) is 2.34. The highest BCUT2D eigenvalue weighted by Crippen LogP contribution is 2.31. The van der Waals surface area contributed by atoms with Crippen molar-refractivity contribution in [2.45, 2.75) is 12.6 Å². The second-order valence-electron chi connectivity index (χ2n) is 3.50. The summed E-state index contributed by atoms with van der Waals surface area (Å²) in [5.41, 5.74) is 4.26. The smallest absolute Gasteiger partial charge is 0.145 e. The Morgan fingerprint density at radius 2 is 1.67 bits per heavy atom. The van der Waals surface area contributed by atoms with E-state index < -0.39 is 5.67 Å². The summed E-state index contributed by atoms with van der Waals surface area (Å²) in [4.78, 5) is 0. The molecule has 0 fully saturated rings. The molecule has 0 aliphatic heterocycles. The Hall–Kier alpha value is -1.29. The highest BCUT2D eigenvalue weighted by molar-refractivity contribution is 5.40. The van der Waals surface area contributed by atoms with Crippen LogP contribution < -0.4 is 15.2 Å². The van der Waals surface area contributed by atoms with Gasteiger partial charge in [-0.25, -0.2) is 4.39 Å². The Labute approximate surface area is 89.0 Å². The third kappa shape index (κ3) is 2.59. The van der Waals surface area contributed by atoms with E-state index in [4.69, 9.17) is 15.2 Å². The van der Waals surface area contributed by atoms with Crippen LogP contribution in [0.1, 0.15) is 12.5 Å². The van der Waals surface area contributed by atoms with Crippen LogP contribution in [-0.2, 0) is 5.67 Å². The van der Waals surface area contributed by atoms with Gasteiger partial charge >= 0.3 is 0 Å². The molecular weight excluding hydrogens is 197 g/mol. The number of alkyl halides is 1. The second kappa shape index (κ2) is 4.49. The standard InChI is InChI=1S/C11H16FNO2/c1-11(12,7-13)8-4-9(14-2)6-10(5-8)15-3/h4-6H,7,13H2,1-3H3. The highest BCUT2D eigenvalue weighted by atomic mass is 19.1. The van der Waals surface area contributed by atoms with Crippen molar-refractivity contribution in [2.24, 2.45) is 5.73 Å². The normalized spacial score (nSPS) is 14.5. The molecule has 0 spiro atoms. The van der Waals surface area contributed by atoms with Gasteiger partial charge in [-0.05, 0) is 24.6 Å². The summed E-state index contributed by atoms with van der Waals surface area (Å²) in [6.07, 6.45) is 0. The van der Waals surface area contributed by atoms with Gasteiger partial charge in [0.2, 0.25) is 0 Å². The van der Waals surface area contributed by atoms with Crippen LogP contribution >= 0.6 is 0 Å². The molecule has 1 rings (SSSR count). The molecule has 0 bridgehead atoms. The largest absolute Gasteiger partial charge is 0.497 e. The zero-order valence-corrected chi connectivity index (χ0v) is 9.21. The van der Waals surface area contributed by atoms with E-state index in [1.165, 1.54) is 21.1 Å². The number of benzene rings is 1. The van der Waals surface area contributed by atoms with Crippen LogP contribution in [-0.4, -0.2) is 20.8 Å². The monoisotopic (exact) mass is 213 g/mol. The van der Waals surface area contributed by atoms with Crippen LogP contribution in [0.15, 0.2) is 18.2 Å². The van der Waals surface area contributed by atoms with Crippen LogP contribution in [0.4, 0.5) is 4.39 Å². The maximum Gasteiger partial charge on any atom is 0.145 e. The van der Waals surface area contributed by atoms with E-state index in [1.54, 1.807) is 18.2 Å². The molecule has 1 aromatic carbocycles. The molecule has 0 amide bonds. The van der Waals surface area contributed by atoms with E-state index in [1.807, 2.05) is 0 Å². The summed E-state index contributed by atoms with van der Waals surface area (Å²) < 4.78 is 24.0. The number of hydrogen-bond donors (Lipinski definition) is 1. The first-order valence-electron chi connectivity index (χ1n) is 4.66. The first-order chi connectivity index (χ1) is 7.03. The molecule has 15 heavy (non-hydrogen) atoms. The van der Waals surface area contributed by atoms with Crippen molar-refractivity contribution in [1.29, 1.82) is 0 Å². The summed E-state index contributed by atoms with van der Waals surface area (Å²) in [7, 11) is 3.05. The lowest BCUT2D eigenvalue weighted by Crippen LogP contribution is -2.26. The van der Waals surface area contributed by atoms with Crippen molar-refractivity contribution in [3.05, 3.63) is 23.8 Å². The molecule has 1 atom stereocenters. The van der Waals surface area contributed by atoms with Gasteiger partial charge in [0.05, 0.1) is 14.2 Å². The minimum absolute atomic E-state index is 0.0800. The van der Waals surface area contributed by atoms with Crippen molar-refractivity contribution in [2.75, 3.05) is 20.8 Å². The van der Waals surface area contributed by atoms with Crippen molar-refractivity contribution >= 4 is 0 Å². The fourth-order valence-corrected chi connectivity index (χ4v) is 1.23.